The van der Waals surface area contributed by atoms with Gasteiger partial charge in [0.1, 0.15) is 0 Å². The molecule has 0 fully saturated rings. The fourth-order valence-corrected chi connectivity index (χ4v) is 9.53. The molecule has 0 N–H and O–H groups in total. The first kappa shape index (κ1) is 39.8. The summed E-state index contributed by atoms with van der Waals surface area (Å²) < 4.78 is 16.7. The minimum absolute atomic E-state index is 0.355. The molecule has 7 heteroatoms. The Balaban J connectivity index is 0.943. The first-order chi connectivity index (χ1) is 32.0. The fourth-order valence-electron chi connectivity index (χ4n) is 9.53. The standard InChI is InChI=1S/C58H49N5O2/c1-3-63-55-17-11-43-35-53(55)54-36-44(12-18-56(54)63)40-62-33-25-48(26-34-62)46-21-29-60(30-22-46)38-42-9-15-50(16-10-42)52-6-4-5-51(57(52)58(64)65-2)49-13-7-41(8-14-49)37-59-27-19-45(20-28-59)47-23-31-61(39-43)32-24-47/h4-36H,3,37-40H2,1-2H3/q+4. The van der Waals surface area contributed by atoms with Crippen molar-refractivity contribution in [2.75, 3.05) is 7.11 Å². The van der Waals surface area contributed by atoms with Crippen LogP contribution in [-0.4, -0.2) is 17.6 Å². The van der Waals surface area contributed by atoms with Crippen LogP contribution in [0.25, 0.3) is 66.3 Å². The Morgan fingerprint density at radius 2 is 0.785 bits per heavy atom. The van der Waals surface area contributed by atoms with Crippen LogP contribution in [0, 0.1) is 0 Å². The van der Waals surface area contributed by atoms with Gasteiger partial charge in [-0.3, -0.25) is 0 Å². The van der Waals surface area contributed by atoms with Gasteiger partial charge in [-0.1, -0.05) is 78.9 Å². The van der Waals surface area contributed by atoms with Crippen LogP contribution in [0.2, 0.25) is 0 Å². The SMILES string of the molecule is CCn1c2ccc3cc2c2cc(ccc21)C[n+]1ccc(cc1)-c1cc[n+](cc1)Cc1ccc(cc1)-c1cccc(c1C(=O)OC)-c1ccc(cc1)C[n+]1ccc(cc1)-c1cc[n+](cc1)C3. The fraction of sp³-hybridized carbons (Fsp3) is 0.121. The minimum atomic E-state index is -0.355. The summed E-state index contributed by atoms with van der Waals surface area (Å²) in [4.78, 5) is 13.5. The number of nitrogens with zero attached hydrogens (tertiary/aromatic N) is 5. The Labute approximate surface area is 379 Å². The van der Waals surface area contributed by atoms with Crippen LogP contribution in [0.15, 0.2) is 201 Å². The molecule has 0 atom stereocenters. The van der Waals surface area contributed by atoms with Gasteiger partial charge in [0, 0.05) is 99.1 Å². The lowest BCUT2D eigenvalue weighted by molar-refractivity contribution is -0.688. The molecule has 0 unspecified atom stereocenters. The van der Waals surface area contributed by atoms with Crippen molar-refractivity contribution >= 4 is 27.8 Å². The van der Waals surface area contributed by atoms with E-state index in [-0.39, 0.29) is 5.97 Å². The van der Waals surface area contributed by atoms with Crippen LogP contribution in [0.4, 0.5) is 0 Å². The number of carbonyl (C=O) groups excluding carboxylic acids is 1. The minimum Gasteiger partial charge on any atom is -0.465 e. The number of ether oxygens (including phenoxy) is 1. The summed E-state index contributed by atoms with van der Waals surface area (Å²) in [6.45, 7) is 6.17. The zero-order valence-electron chi connectivity index (χ0n) is 36.6. The van der Waals surface area contributed by atoms with Gasteiger partial charge in [0.05, 0.1) is 12.7 Å². The number of carbonyl (C=O) groups is 1. The second-order valence-electron chi connectivity index (χ2n) is 17.1. The second-order valence-corrected chi connectivity index (χ2v) is 17.1. The van der Waals surface area contributed by atoms with Crippen LogP contribution in [0.1, 0.15) is 39.5 Å². The van der Waals surface area contributed by atoms with Gasteiger partial charge >= 0.3 is 5.97 Å². The van der Waals surface area contributed by atoms with Gasteiger partial charge in [-0.25, -0.2) is 23.1 Å². The second kappa shape index (κ2) is 16.9. The molecule has 0 spiro atoms. The van der Waals surface area contributed by atoms with Crippen molar-refractivity contribution in [2.24, 2.45) is 0 Å². The van der Waals surface area contributed by atoms with Crippen molar-refractivity contribution in [3.05, 3.63) is 229 Å². The third-order valence-electron chi connectivity index (χ3n) is 13.0. The van der Waals surface area contributed by atoms with Crippen molar-refractivity contribution in [2.45, 2.75) is 39.6 Å². The summed E-state index contributed by atoms with van der Waals surface area (Å²) in [7, 11) is 1.45. The molecule has 8 aliphatic rings. The lowest BCUT2D eigenvalue weighted by atomic mass is 9.91. The summed E-state index contributed by atoms with van der Waals surface area (Å²) in [5.41, 5.74) is 16.3. The summed E-state index contributed by atoms with van der Waals surface area (Å²) in [5.74, 6) is -0.355. The number of fused-ring (bicyclic) bond motifs is 4. The highest BCUT2D eigenvalue weighted by Gasteiger charge is 2.21. The van der Waals surface area contributed by atoms with Crippen molar-refractivity contribution in [3.63, 3.8) is 0 Å². The van der Waals surface area contributed by atoms with Crippen LogP contribution in [0.3, 0.4) is 0 Å². The van der Waals surface area contributed by atoms with E-state index < -0.39 is 0 Å². The van der Waals surface area contributed by atoms with Crippen molar-refractivity contribution in [3.8, 4) is 44.5 Å². The molecule has 65 heavy (non-hydrogen) atoms. The predicted molar refractivity (Wildman–Crippen MR) is 255 cm³/mol. The molecule has 5 aromatic carbocycles. The van der Waals surface area contributed by atoms with Gasteiger partial charge in [-0.2, -0.15) is 0 Å². The summed E-state index contributed by atoms with van der Waals surface area (Å²) in [6, 6.07) is 54.4. The number of rotatable bonds is 2. The molecule has 7 nitrogen and oxygen atoms in total. The number of hydrogen-bond donors (Lipinski definition) is 0. The van der Waals surface area contributed by atoms with E-state index in [1.165, 1.54) is 73.4 Å². The summed E-state index contributed by atoms with van der Waals surface area (Å²) >= 11 is 0. The van der Waals surface area contributed by atoms with Crippen molar-refractivity contribution in [1.82, 2.24) is 4.57 Å². The van der Waals surface area contributed by atoms with E-state index in [9.17, 15) is 4.79 Å². The molecular formula is C58H49N5O2+4. The van der Waals surface area contributed by atoms with Gasteiger partial charge in [-0.05, 0) is 75.7 Å². The highest BCUT2D eigenvalue weighted by atomic mass is 16.5. The van der Waals surface area contributed by atoms with Crippen LogP contribution >= 0.6 is 0 Å². The van der Waals surface area contributed by atoms with E-state index in [4.69, 9.17) is 4.74 Å². The lowest BCUT2D eigenvalue weighted by Gasteiger charge is -2.14. The number of aryl methyl sites for hydroxylation is 1. The van der Waals surface area contributed by atoms with Crippen LogP contribution < -0.4 is 18.3 Å². The number of esters is 1. The first-order valence-corrected chi connectivity index (χ1v) is 22.4. The average Bonchev–Trinajstić information content (AvgIpc) is 3.67. The molecule has 8 aliphatic heterocycles. The van der Waals surface area contributed by atoms with Gasteiger partial charge < -0.3 is 9.30 Å². The van der Waals surface area contributed by atoms with E-state index in [1.54, 1.807) is 0 Å². The molecular weight excluding hydrogens is 799 g/mol. The molecule has 5 aromatic heterocycles. The molecule has 0 radical (unpaired) electrons. The number of aromatic nitrogens is 5. The third kappa shape index (κ3) is 7.87. The summed E-state index contributed by atoms with van der Waals surface area (Å²) in [6.07, 6.45) is 17.3. The van der Waals surface area contributed by atoms with Crippen LogP contribution in [0.5, 0.6) is 0 Å². The largest absolute Gasteiger partial charge is 0.465 e. The Hall–Kier alpha value is -8.03. The van der Waals surface area contributed by atoms with E-state index in [1.807, 2.05) is 18.2 Å². The molecule has 0 saturated carbocycles. The number of pyridine rings is 4. The molecule has 0 saturated heterocycles. The average molecular weight is 848 g/mol. The quantitative estimate of drug-likeness (QED) is 0.129. The van der Waals surface area contributed by atoms with Crippen LogP contribution in [-0.2, 0) is 37.5 Å². The van der Waals surface area contributed by atoms with Gasteiger partial charge in [-0.15, -0.1) is 0 Å². The molecule has 18 bridgehead atoms. The molecule has 0 amide bonds. The lowest BCUT2D eigenvalue weighted by Crippen LogP contribution is -2.33. The molecule has 314 valence electrons. The summed E-state index contributed by atoms with van der Waals surface area (Å²) in [5, 5.41) is 2.60. The molecule has 18 rings (SSSR count). The Bertz CT molecular complexity index is 3140. The smallest absolute Gasteiger partial charge is 0.339 e. The monoisotopic (exact) mass is 847 g/mol. The Kier molecular flexibility index (Phi) is 10.4. The zero-order chi connectivity index (χ0) is 43.9. The number of methoxy groups -OCH3 is 1. The van der Waals surface area contributed by atoms with E-state index >= 15 is 0 Å². The molecule has 0 aliphatic carbocycles. The molecule has 10 aromatic rings. The maximum absolute atomic E-state index is 13.5. The zero-order valence-corrected chi connectivity index (χ0v) is 36.6. The Morgan fingerprint density at radius 1 is 0.446 bits per heavy atom. The Morgan fingerprint density at radius 3 is 1.12 bits per heavy atom. The van der Waals surface area contributed by atoms with Gasteiger partial charge in [0.2, 0.25) is 0 Å². The maximum atomic E-state index is 13.5. The first-order valence-electron chi connectivity index (χ1n) is 22.4. The predicted octanol–water partition coefficient (Wildman–Crippen LogP) is 9.93. The molecule has 13 heterocycles. The highest BCUT2D eigenvalue weighted by molar-refractivity contribution is 6.08. The topological polar surface area (TPSA) is 46.8 Å². The van der Waals surface area contributed by atoms with Crippen molar-refractivity contribution < 1.29 is 27.8 Å². The highest BCUT2D eigenvalue weighted by Crippen LogP contribution is 2.34. The number of hydrogen-bond acceptors (Lipinski definition) is 2. The van der Waals surface area contributed by atoms with E-state index in [0.29, 0.717) is 5.56 Å². The van der Waals surface area contributed by atoms with E-state index in [0.717, 1.165) is 55.0 Å². The maximum Gasteiger partial charge on any atom is 0.339 e. The van der Waals surface area contributed by atoms with E-state index in [2.05, 4.69) is 213 Å². The number of benzene rings is 5. The van der Waals surface area contributed by atoms with Gasteiger partial charge in [0.25, 0.3) is 0 Å². The van der Waals surface area contributed by atoms with Crippen molar-refractivity contribution in [1.29, 1.82) is 0 Å². The van der Waals surface area contributed by atoms with Gasteiger partial charge in [0.15, 0.2) is 75.8 Å². The third-order valence-corrected chi connectivity index (χ3v) is 13.0. The normalized spacial score (nSPS) is 12.3.